The Morgan fingerprint density at radius 1 is 1.12 bits per heavy atom. The Bertz CT molecular complexity index is 643. The molecular weight excluding hydrogens is 349 g/mol. The second-order valence-electron chi connectivity index (χ2n) is 6.22. The van der Waals surface area contributed by atoms with E-state index in [1.807, 2.05) is 0 Å². The molecule has 0 saturated heterocycles. The van der Waals surface area contributed by atoms with E-state index in [9.17, 15) is 22.8 Å². The van der Waals surface area contributed by atoms with Gasteiger partial charge in [0.15, 0.2) is 0 Å². The maximum Gasteiger partial charge on any atom is 0.416 e. The van der Waals surface area contributed by atoms with Crippen molar-refractivity contribution < 1.29 is 22.8 Å². The van der Waals surface area contributed by atoms with Gasteiger partial charge in [-0.05, 0) is 31.0 Å². The summed E-state index contributed by atoms with van der Waals surface area (Å²) in [5.41, 5.74) is -0.115. The number of carbonyl (C=O) groups is 2. The second-order valence-corrected chi connectivity index (χ2v) is 6.22. The molecule has 0 atom stereocenters. The van der Waals surface area contributed by atoms with E-state index in [-0.39, 0.29) is 18.3 Å². The molecule has 3 amide bonds. The van der Waals surface area contributed by atoms with Crippen molar-refractivity contribution in [3.63, 3.8) is 0 Å². The quantitative estimate of drug-likeness (QED) is 0.639. The maximum absolute atomic E-state index is 13.0. The lowest BCUT2D eigenvalue weighted by molar-refractivity contribution is -0.137. The minimum absolute atomic E-state index is 0.178. The van der Waals surface area contributed by atoms with Gasteiger partial charge >= 0.3 is 12.2 Å². The lowest BCUT2D eigenvalue weighted by atomic mass is 9.95. The summed E-state index contributed by atoms with van der Waals surface area (Å²) in [6.07, 6.45) is 0.751. The number of rotatable bonds is 5. The number of halogens is 3. The van der Waals surface area contributed by atoms with Crippen LogP contribution in [0.3, 0.4) is 0 Å². The Morgan fingerprint density at radius 2 is 1.81 bits per heavy atom. The van der Waals surface area contributed by atoms with Gasteiger partial charge in [0, 0.05) is 13.1 Å². The lowest BCUT2D eigenvalue weighted by Crippen LogP contribution is -2.40. The zero-order valence-electron chi connectivity index (χ0n) is 14.5. The monoisotopic (exact) mass is 372 g/mol. The van der Waals surface area contributed by atoms with Gasteiger partial charge in [-0.1, -0.05) is 19.3 Å². The first kappa shape index (κ1) is 19.9. The molecule has 1 aromatic rings. The molecule has 0 aromatic heterocycles. The number of anilines is 2. The highest BCUT2D eigenvalue weighted by molar-refractivity contribution is 5.96. The van der Waals surface area contributed by atoms with E-state index >= 15 is 0 Å². The van der Waals surface area contributed by atoms with Crippen LogP contribution < -0.4 is 21.3 Å². The van der Waals surface area contributed by atoms with Gasteiger partial charge in [-0.15, -0.1) is 0 Å². The number of imide groups is 1. The third-order valence-electron chi connectivity index (χ3n) is 4.23. The third kappa shape index (κ3) is 5.82. The van der Waals surface area contributed by atoms with E-state index in [2.05, 4.69) is 21.3 Å². The van der Waals surface area contributed by atoms with Crippen molar-refractivity contribution in [1.82, 2.24) is 10.6 Å². The minimum Gasteiger partial charge on any atom is -0.381 e. The molecule has 0 spiro atoms. The standard InChI is InChI=1S/C17H23F3N4O2/c1-21-16(26)24-15(25)10-22-14-9-11(17(18,19)20)7-8-13(14)23-12-5-3-2-4-6-12/h7-9,12,22-23H,2-6,10H2,1H3,(H2,21,24,25,26). The number of carbonyl (C=O) groups excluding carboxylic acids is 2. The molecule has 4 N–H and O–H groups in total. The van der Waals surface area contributed by atoms with Crippen LogP contribution in [0.25, 0.3) is 0 Å². The van der Waals surface area contributed by atoms with E-state index in [0.717, 1.165) is 44.2 Å². The van der Waals surface area contributed by atoms with Gasteiger partial charge in [0.1, 0.15) is 0 Å². The molecule has 0 unspecified atom stereocenters. The SMILES string of the molecule is CNC(=O)NC(=O)CNc1cc(C(F)(F)F)ccc1NC1CCCCC1. The molecule has 1 aliphatic carbocycles. The summed E-state index contributed by atoms with van der Waals surface area (Å²) in [7, 11) is 1.36. The highest BCUT2D eigenvalue weighted by atomic mass is 19.4. The summed E-state index contributed by atoms with van der Waals surface area (Å²) in [5, 5.41) is 10.2. The molecule has 1 fully saturated rings. The first-order chi connectivity index (χ1) is 12.3. The van der Waals surface area contributed by atoms with E-state index in [1.165, 1.54) is 13.1 Å². The lowest BCUT2D eigenvalue weighted by Gasteiger charge is -2.26. The smallest absolute Gasteiger partial charge is 0.381 e. The molecule has 144 valence electrons. The number of hydrogen-bond acceptors (Lipinski definition) is 4. The van der Waals surface area contributed by atoms with Crippen LogP contribution in [-0.2, 0) is 11.0 Å². The van der Waals surface area contributed by atoms with E-state index in [1.54, 1.807) is 0 Å². The average molecular weight is 372 g/mol. The van der Waals surface area contributed by atoms with E-state index in [4.69, 9.17) is 0 Å². The zero-order chi connectivity index (χ0) is 19.2. The van der Waals surface area contributed by atoms with Crippen LogP contribution in [0.2, 0.25) is 0 Å². The minimum atomic E-state index is -4.48. The van der Waals surface area contributed by atoms with Gasteiger partial charge in [-0.2, -0.15) is 13.2 Å². The average Bonchev–Trinajstić information content (AvgIpc) is 2.60. The molecule has 0 bridgehead atoms. The molecule has 1 aromatic carbocycles. The number of urea groups is 1. The summed E-state index contributed by atoms with van der Waals surface area (Å²) in [5.74, 6) is -0.648. The van der Waals surface area contributed by atoms with Gasteiger partial charge in [-0.25, -0.2) is 4.79 Å². The maximum atomic E-state index is 13.0. The summed E-state index contributed by atoms with van der Waals surface area (Å²) < 4.78 is 39.0. The van der Waals surface area contributed by atoms with Gasteiger partial charge in [0.05, 0.1) is 23.5 Å². The summed E-state index contributed by atoms with van der Waals surface area (Å²) in [4.78, 5) is 22.8. The predicted octanol–water partition coefficient (Wildman–Crippen LogP) is 3.32. The van der Waals surface area contributed by atoms with Crippen LogP contribution in [-0.4, -0.2) is 31.6 Å². The molecule has 9 heteroatoms. The van der Waals surface area contributed by atoms with E-state index in [0.29, 0.717) is 5.69 Å². The highest BCUT2D eigenvalue weighted by Gasteiger charge is 2.31. The number of benzene rings is 1. The number of hydrogen-bond donors (Lipinski definition) is 4. The largest absolute Gasteiger partial charge is 0.416 e. The van der Waals surface area contributed by atoms with Crippen LogP contribution in [0.4, 0.5) is 29.3 Å². The van der Waals surface area contributed by atoms with Crippen LogP contribution >= 0.6 is 0 Å². The van der Waals surface area contributed by atoms with Crippen molar-refractivity contribution in [3.05, 3.63) is 23.8 Å². The Kier molecular flexibility index (Phi) is 6.70. The zero-order valence-corrected chi connectivity index (χ0v) is 14.5. The van der Waals surface area contributed by atoms with Gasteiger partial charge < -0.3 is 16.0 Å². The highest BCUT2D eigenvalue weighted by Crippen LogP contribution is 2.35. The van der Waals surface area contributed by atoms with Crippen molar-refractivity contribution in [2.24, 2.45) is 0 Å². The Hall–Kier alpha value is -2.45. The summed E-state index contributed by atoms with van der Waals surface area (Å²) in [6.45, 7) is -0.325. The van der Waals surface area contributed by atoms with Crippen molar-refractivity contribution in [2.75, 3.05) is 24.2 Å². The van der Waals surface area contributed by atoms with Gasteiger partial charge in [0.2, 0.25) is 5.91 Å². The molecule has 0 aliphatic heterocycles. The normalized spacial score (nSPS) is 15.2. The number of amides is 3. The first-order valence-corrected chi connectivity index (χ1v) is 8.53. The Balaban J connectivity index is 2.13. The molecule has 1 aliphatic rings. The molecule has 0 heterocycles. The molecule has 1 saturated carbocycles. The van der Waals surface area contributed by atoms with Gasteiger partial charge in [0.25, 0.3) is 0 Å². The van der Waals surface area contributed by atoms with Crippen LogP contribution in [0.1, 0.15) is 37.7 Å². The molecule has 26 heavy (non-hydrogen) atoms. The third-order valence-corrected chi connectivity index (χ3v) is 4.23. The Labute approximate surface area is 149 Å². The fourth-order valence-corrected chi connectivity index (χ4v) is 2.87. The van der Waals surface area contributed by atoms with Crippen molar-refractivity contribution >= 4 is 23.3 Å². The molecular formula is C17H23F3N4O2. The number of nitrogens with one attached hydrogen (secondary N) is 4. The second kappa shape index (κ2) is 8.77. The topological polar surface area (TPSA) is 82.3 Å². The molecule has 0 radical (unpaired) electrons. The fraction of sp³-hybridized carbons (Fsp3) is 0.529. The first-order valence-electron chi connectivity index (χ1n) is 8.53. The van der Waals surface area contributed by atoms with Gasteiger partial charge in [-0.3, -0.25) is 10.1 Å². The summed E-state index contributed by atoms with van der Waals surface area (Å²) >= 11 is 0. The number of alkyl halides is 3. The summed E-state index contributed by atoms with van der Waals surface area (Å²) in [6, 6.07) is 2.87. The van der Waals surface area contributed by atoms with E-state index < -0.39 is 23.7 Å². The van der Waals surface area contributed by atoms with Crippen LogP contribution in [0.15, 0.2) is 18.2 Å². The molecule has 6 nitrogen and oxygen atoms in total. The van der Waals surface area contributed by atoms with Crippen molar-refractivity contribution in [1.29, 1.82) is 0 Å². The fourth-order valence-electron chi connectivity index (χ4n) is 2.87. The van der Waals surface area contributed by atoms with Crippen LogP contribution in [0.5, 0.6) is 0 Å². The Morgan fingerprint density at radius 3 is 2.42 bits per heavy atom. The van der Waals surface area contributed by atoms with Crippen molar-refractivity contribution in [3.8, 4) is 0 Å². The molecule has 2 rings (SSSR count). The predicted molar refractivity (Wildman–Crippen MR) is 93.0 cm³/mol. The van der Waals surface area contributed by atoms with Crippen LogP contribution in [0, 0.1) is 0 Å². The van der Waals surface area contributed by atoms with Crippen molar-refractivity contribution in [2.45, 2.75) is 44.3 Å².